The molecule has 14 nitrogen and oxygen atoms in total. The molecule has 4 aromatic heterocycles. The fourth-order valence-corrected chi connectivity index (χ4v) is 9.64. The molecule has 10 rings (SSSR count). The van der Waals surface area contributed by atoms with Crippen LogP contribution in [0.3, 0.4) is 0 Å². The number of anilines is 2. The van der Waals surface area contributed by atoms with Crippen molar-refractivity contribution in [3.63, 3.8) is 0 Å². The number of fused-ring (bicyclic) bond motifs is 2. The van der Waals surface area contributed by atoms with Gasteiger partial charge in [-0.25, -0.2) is 19.0 Å². The van der Waals surface area contributed by atoms with Crippen LogP contribution in [0.2, 0.25) is 0 Å². The summed E-state index contributed by atoms with van der Waals surface area (Å²) in [5.41, 5.74) is 5.11. The third-order valence-corrected chi connectivity index (χ3v) is 14.3. The highest BCUT2D eigenvalue weighted by Crippen LogP contribution is 2.37. The number of nitrogens with zero attached hydrogens (tertiary/aromatic N) is 10. The number of hydrogen-bond donors (Lipinski definition) is 2. The first-order chi connectivity index (χ1) is 38.2. The molecule has 2 N–H and O–H groups in total. The van der Waals surface area contributed by atoms with Crippen molar-refractivity contribution >= 4 is 34.5 Å². The predicted octanol–water partition coefficient (Wildman–Crippen LogP) is 9.69. The van der Waals surface area contributed by atoms with Crippen molar-refractivity contribution < 1.29 is 35.9 Å². The molecule has 80 heavy (non-hydrogen) atoms. The van der Waals surface area contributed by atoms with Crippen molar-refractivity contribution in [2.75, 3.05) is 65.0 Å². The van der Waals surface area contributed by atoms with E-state index in [-0.39, 0.29) is 46.7 Å². The standard InChI is InChI=1S/2C30H29F3N6O/c2*1-20-6-7-22(15-21(20)9-11-25-17-34-28-5-4-13-35-39(25)28)29(40)36-24-10-8-23(27(16-24)30(31,32)33)18-38-14-12-26(19-38)37(2)3/h2*4-8,10,13,15-17,26H,12,14,18-19H2,1-3H3,(H,36,40)/t2*26-/m11/s1. The Morgan fingerprint density at radius 1 is 0.575 bits per heavy atom. The molecule has 8 aromatic rings. The Hall–Kier alpha value is -8.40. The molecule has 2 saturated heterocycles. The minimum atomic E-state index is -4.55. The van der Waals surface area contributed by atoms with Gasteiger partial charge in [0.2, 0.25) is 0 Å². The SMILES string of the molecule is Cc1ccc(C(=O)Nc2ccc(CN3CC[C@@H](N(C)C)C3)c(C(F)(F)F)c2)cc1C#Cc1cnc2cccnn12.Cc1ccc(C(=O)Nc2ccc(CN3CC[C@@H](N(C)C)C3)c(C(F)(F)F)c2)cc1C#Cc1cnc2cccnn12. The Bertz CT molecular complexity index is 3470. The molecule has 2 atom stereocenters. The van der Waals surface area contributed by atoms with Gasteiger partial charge in [-0.15, -0.1) is 0 Å². The maximum atomic E-state index is 14.0. The second-order valence-electron chi connectivity index (χ2n) is 20.4. The molecule has 6 heterocycles. The zero-order valence-corrected chi connectivity index (χ0v) is 44.9. The Morgan fingerprint density at radius 3 is 1.36 bits per heavy atom. The van der Waals surface area contributed by atoms with E-state index in [1.165, 1.54) is 24.3 Å². The Labute approximate surface area is 459 Å². The zero-order chi connectivity index (χ0) is 56.9. The van der Waals surface area contributed by atoms with Crippen LogP contribution in [0.15, 0.2) is 122 Å². The first kappa shape index (κ1) is 56.3. The lowest BCUT2D eigenvalue weighted by Crippen LogP contribution is -2.31. The van der Waals surface area contributed by atoms with Crippen LogP contribution in [0, 0.1) is 37.5 Å². The monoisotopic (exact) mass is 1090 g/mol. The normalized spacial score (nSPS) is 15.8. The number of amides is 2. The van der Waals surface area contributed by atoms with Gasteiger partial charge in [0.1, 0.15) is 11.4 Å². The minimum absolute atomic E-state index is 0.0821. The third kappa shape index (κ3) is 13.5. The molecule has 0 spiro atoms. The summed E-state index contributed by atoms with van der Waals surface area (Å²) in [6.45, 7) is 7.06. The molecular weight excluding hydrogens is 1030 g/mol. The third-order valence-electron chi connectivity index (χ3n) is 14.3. The van der Waals surface area contributed by atoms with Gasteiger partial charge in [-0.05, 0) is 162 Å². The Balaban J connectivity index is 0.000000194. The first-order valence-electron chi connectivity index (χ1n) is 25.8. The van der Waals surface area contributed by atoms with Crippen LogP contribution in [0.5, 0.6) is 0 Å². The summed E-state index contributed by atoms with van der Waals surface area (Å²) in [6.07, 6.45) is -0.741. The molecular formula is C60H58F6N12O2. The number of carbonyl (C=O) groups is 2. The van der Waals surface area contributed by atoms with Crippen molar-refractivity contribution in [2.24, 2.45) is 0 Å². The van der Waals surface area contributed by atoms with Crippen molar-refractivity contribution in [1.82, 2.24) is 48.8 Å². The van der Waals surface area contributed by atoms with E-state index in [4.69, 9.17) is 0 Å². The average Bonchev–Trinajstić information content (AvgIpc) is 4.27. The maximum Gasteiger partial charge on any atom is 0.416 e. The molecule has 2 aliphatic rings. The van der Waals surface area contributed by atoms with Gasteiger partial charge >= 0.3 is 12.4 Å². The lowest BCUT2D eigenvalue weighted by atomic mass is 10.0. The number of nitrogens with one attached hydrogen (secondary N) is 2. The van der Waals surface area contributed by atoms with Gasteiger partial charge in [-0.2, -0.15) is 36.5 Å². The molecule has 2 aliphatic heterocycles. The first-order valence-corrected chi connectivity index (χ1v) is 25.8. The summed E-state index contributed by atoms with van der Waals surface area (Å²) in [4.78, 5) is 42.9. The molecule has 0 unspecified atom stereocenters. The number of aryl methyl sites for hydroxylation is 2. The molecule has 2 fully saturated rings. The maximum absolute atomic E-state index is 14.0. The number of halogens is 6. The van der Waals surface area contributed by atoms with Crippen molar-refractivity contribution in [1.29, 1.82) is 0 Å². The van der Waals surface area contributed by atoms with Crippen LogP contribution in [-0.2, 0) is 25.4 Å². The summed E-state index contributed by atoms with van der Waals surface area (Å²) in [6, 6.07) is 25.9. The van der Waals surface area contributed by atoms with E-state index in [0.29, 0.717) is 45.9 Å². The molecule has 0 bridgehead atoms. The molecule has 2 amide bonds. The topological polar surface area (TPSA) is 132 Å². The molecule has 0 aliphatic carbocycles. The van der Waals surface area contributed by atoms with E-state index in [9.17, 15) is 35.9 Å². The number of imidazole rings is 2. The highest BCUT2D eigenvalue weighted by Gasteiger charge is 2.37. The number of hydrogen-bond acceptors (Lipinski definition) is 10. The van der Waals surface area contributed by atoms with Gasteiger partial charge in [-0.3, -0.25) is 19.4 Å². The van der Waals surface area contributed by atoms with Gasteiger partial charge in [0, 0.05) is 97.4 Å². The largest absolute Gasteiger partial charge is 0.416 e. The smallest absolute Gasteiger partial charge is 0.322 e. The van der Waals surface area contributed by atoms with Crippen LogP contribution in [-0.4, -0.2) is 127 Å². The lowest BCUT2D eigenvalue weighted by Gasteiger charge is -2.22. The average molecular weight is 1090 g/mol. The number of rotatable bonds is 10. The van der Waals surface area contributed by atoms with Gasteiger partial charge in [0.15, 0.2) is 11.3 Å². The summed E-state index contributed by atoms with van der Waals surface area (Å²) in [5, 5.41) is 13.7. The molecule has 412 valence electrons. The number of likely N-dealkylation sites (N-methyl/N-ethyl adjacent to an activating group) is 2. The summed E-state index contributed by atoms with van der Waals surface area (Å²) < 4.78 is 87.2. The van der Waals surface area contributed by atoms with E-state index in [1.807, 2.05) is 64.0 Å². The lowest BCUT2D eigenvalue weighted by molar-refractivity contribution is -0.139. The molecule has 4 aromatic carbocycles. The molecule has 20 heteroatoms. The Morgan fingerprint density at radius 2 is 0.988 bits per heavy atom. The summed E-state index contributed by atoms with van der Waals surface area (Å²) in [7, 11) is 7.93. The fraction of sp³-hybridized carbons (Fsp3) is 0.300. The number of alkyl halides is 6. The van der Waals surface area contributed by atoms with Gasteiger partial charge in [0.05, 0.1) is 23.5 Å². The minimum Gasteiger partial charge on any atom is -0.322 e. The van der Waals surface area contributed by atoms with E-state index >= 15 is 0 Å². The van der Waals surface area contributed by atoms with Crippen LogP contribution in [0.1, 0.15) is 89.5 Å². The number of aromatic nitrogens is 6. The second-order valence-corrected chi connectivity index (χ2v) is 20.4. The zero-order valence-electron chi connectivity index (χ0n) is 44.9. The van der Waals surface area contributed by atoms with E-state index in [0.717, 1.165) is 62.3 Å². The second kappa shape index (κ2) is 23.9. The van der Waals surface area contributed by atoms with Crippen molar-refractivity contribution in [2.45, 2.75) is 64.2 Å². The summed E-state index contributed by atoms with van der Waals surface area (Å²) in [5.74, 6) is 11.1. The number of likely N-dealkylation sites (tertiary alicyclic amines) is 2. The Kier molecular flexibility index (Phi) is 16.8. The highest BCUT2D eigenvalue weighted by atomic mass is 19.4. The predicted molar refractivity (Wildman–Crippen MR) is 294 cm³/mol. The van der Waals surface area contributed by atoms with Gasteiger partial charge in [-0.1, -0.05) is 36.1 Å². The van der Waals surface area contributed by atoms with Crippen LogP contribution >= 0.6 is 0 Å². The van der Waals surface area contributed by atoms with Crippen molar-refractivity contribution in [3.8, 4) is 23.7 Å². The molecule has 0 radical (unpaired) electrons. The van der Waals surface area contributed by atoms with Gasteiger partial charge in [0.25, 0.3) is 11.8 Å². The van der Waals surface area contributed by atoms with Crippen LogP contribution in [0.4, 0.5) is 37.7 Å². The summed E-state index contributed by atoms with van der Waals surface area (Å²) >= 11 is 0. The number of carbonyl (C=O) groups excluding carboxylic acids is 2. The van der Waals surface area contributed by atoms with Crippen molar-refractivity contribution in [3.05, 3.63) is 189 Å². The van der Waals surface area contributed by atoms with E-state index in [2.05, 4.69) is 64.3 Å². The molecule has 0 saturated carbocycles. The fourth-order valence-electron chi connectivity index (χ4n) is 9.64. The van der Waals surface area contributed by atoms with Crippen LogP contribution < -0.4 is 10.6 Å². The highest BCUT2D eigenvalue weighted by molar-refractivity contribution is 6.05. The van der Waals surface area contributed by atoms with Crippen LogP contribution in [0.25, 0.3) is 11.3 Å². The number of benzene rings is 4. The van der Waals surface area contributed by atoms with Gasteiger partial charge < -0.3 is 20.4 Å². The van der Waals surface area contributed by atoms with E-state index < -0.39 is 35.3 Å². The van der Waals surface area contributed by atoms with E-state index in [1.54, 1.807) is 82.3 Å². The quantitative estimate of drug-likeness (QED) is 0.101.